The molecule has 7 aromatic carbocycles. The van der Waals surface area contributed by atoms with Crippen LogP contribution in [0.1, 0.15) is 0 Å². The van der Waals surface area contributed by atoms with Gasteiger partial charge >= 0.3 is 0 Å². The fourth-order valence-corrected chi connectivity index (χ4v) is 7.18. The van der Waals surface area contributed by atoms with Gasteiger partial charge < -0.3 is 8.98 Å². The van der Waals surface area contributed by atoms with Gasteiger partial charge in [0.1, 0.15) is 11.2 Å². The van der Waals surface area contributed by atoms with Gasteiger partial charge in [-0.15, -0.1) is 0 Å². The number of hydrogen-bond acceptors (Lipinski definition) is 3. The van der Waals surface area contributed by atoms with Gasteiger partial charge in [0.25, 0.3) is 0 Å². The van der Waals surface area contributed by atoms with Crippen molar-refractivity contribution >= 4 is 54.6 Å². The van der Waals surface area contributed by atoms with Gasteiger partial charge in [-0.05, 0) is 59.7 Å². The maximum Gasteiger partial charge on any atom is 0.164 e. The van der Waals surface area contributed by atoms with Crippen LogP contribution in [-0.2, 0) is 0 Å². The number of furan rings is 1. The van der Waals surface area contributed by atoms with Crippen molar-refractivity contribution in [3.8, 4) is 39.5 Å². The smallest absolute Gasteiger partial charge is 0.164 e. The van der Waals surface area contributed by atoms with E-state index >= 15 is 0 Å². The van der Waals surface area contributed by atoms with E-state index in [0.717, 1.165) is 55.3 Å². The van der Waals surface area contributed by atoms with Gasteiger partial charge in [-0.1, -0.05) is 115 Å². The molecular formula is C44H27N3O. The standard InChI is InChI=1S/C44H27N3O/c1-3-12-28(13-4-1)30-22-24-40-36(26-30)32-16-8-10-21-39(32)47(40)31-23-25-41-37(27-31)33-18-11-19-35(43(33)48-41)44-45-38-20-9-7-17-34(38)42(46-44)29-14-5-2-6-15-29/h1-27H. The minimum atomic E-state index is 0.647. The van der Waals surface area contributed by atoms with Crippen molar-refractivity contribution in [3.05, 3.63) is 164 Å². The zero-order valence-electron chi connectivity index (χ0n) is 25.8. The molecular weight excluding hydrogens is 587 g/mol. The Labute approximate surface area is 276 Å². The van der Waals surface area contributed by atoms with Crippen LogP contribution in [0.15, 0.2) is 168 Å². The zero-order chi connectivity index (χ0) is 31.6. The van der Waals surface area contributed by atoms with Gasteiger partial charge in [0.05, 0.1) is 27.8 Å². The number of aromatic nitrogens is 3. The van der Waals surface area contributed by atoms with Gasteiger partial charge in [-0.2, -0.15) is 0 Å². The monoisotopic (exact) mass is 613 g/mol. The molecule has 0 N–H and O–H groups in total. The second kappa shape index (κ2) is 10.5. The Bertz CT molecular complexity index is 2830. The molecule has 0 bridgehead atoms. The maximum atomic E-state index is 6.62. The van der Waals surface area contributed by atoms with E-state index in [1.807, 2.05) is 36.4 Å². The summed E-state index contributed by atoms with van der Waals surface area (Å²) in [6, 6.07) is 57.3. The first-order valence-electron chi connectivity index (χ1n) is 16.2. The average Bonchev–Trinajstić information content (AvgIpc) is 3.70. The summed E-state index contributed by atoms with van der Waals surface area (Å²) in [4.78, 5) is 10.2. The normalized spacial score (nSPS) is 11.8. The molecule has 0 aliphatic heterocycles. The number of fused-ring (bicyclic) bond motifs is 7. The molecule has 0 atom stereocenters. The Balaban J connectivity index is 1.17. The molecule has 0 aliphatic carbocycles. The van der Waals surface area contributed by atoms with E-state index in [2.05, 4.69) is 132 Å². The molecule has 0 fully saturated rings. The molecule has 4 heteroatoms. The van der Waals surface area contributed by atoms with Crippen LogP contribution in [0.25, 0.3) is 94.1 Å². The summed E-state index contributed by atoms with van der Waals surface area (Å²) >= 11 is 0. The molecule has 0 aliphatic rings. The number of benzene rings is 7. The number of para-hydroxylation sites is 3. The van der Waals surface area contributed by atoms with Crippen LogP contribution in [0, 0.1) is 0 Å². The van der Waals surface area contributed by atoms with E-state index in [0.29, 0.717) is 5.82 Å². The van der Waals surface area contributed by atoms with Gasteiger partial charge in [0.2, 0.25) is 0 Å². The molecule has 10 rings (SSSR count). The van der Waals surface area contributed by atoms with E-state index < -0.39 is 0 Å². The quantitative estimate of drug-likeness (QED) is 0.198. The molecule has 0 saturated heterocycles. The summed E-state index contributed by atoms with van der Waals surface area (Å²) in [6.45, 7) is 0. The van der Waals surface area contributed by atoms with Gasteiger partial charge in [0, 0.05) is 38.2 Å². The van der Waals surface area contributed by atoms with E-state index in [4.69, 9.17) is 14.4 Å². The maximum absolute atomic E-state index is 6.62. The highest BCUT2D eigenvalue weighted by Crippen LogP contribution is 2.40. The lowest BCUT2D eigenvalue weighted by Crippen LogP contribution is -1.95. The minimum Gasteiger partial charge on any atom is -0.455 e. The first-order chi connectivity index (χ1) is 23.8. The lowest BCUT2D eigenvalue weighted by Gasteiger charge is -2.09. The fraction of sp³-hybridized carbons (Fsp3) is 0. The number of hydrogen-bond donors (Lipinski definition) is 0. The minimum absolute atomic E-state index is 0.647. The third kappa shape index (κ3) is 4.10. The van der Waals surface area contributed by atoms with E-state index in [9.17, 15) is 0 Å². The topological polar surface area (TPSA) is 43.9 Å². The Morgan fingerprint density at radius 1 is 0.438 bits per heavy atom. The first kappa shape index (κ1) is 26.7. The molecule has 0 radical (unpaired) electrons. The number of nitrogens with zero attached hydrogens (tertiary/aromatic N) is 3. The van der Waals surface area contributed by atoms with Crippen molar-refractivity contribution < 1.29 is 4.42 Å². The summed E-state index contributed by atoms with van der Waals surface area (Å²) in [5, 5.41) is 5.58. The number of rotatable bonds is 4. The van der Waals surface area contributed by atoms with E-state index in [-0.39, 0.29) is 0 Å². The third-order valence-electron chi connectivity index (χ3n) is 9.41. The van der Waals surface area contributed by atoms with Crippen LogP contribution in [-0.4, -0.2) is 14.5 Å². The summed E-state index contributed by atoms with van der Waals surface area (Å²) in [6.07, 6.45) is 0. The van der Waals surface area contributed by atoms with Crippen LogP contribution in [0.5, 0.6) is 0 Å². The summed E-state index contributed by atoms with van der Waals surface area (Å²) in [7, 11) is 0. The van der Waals surface area contributed by atoms with Gasteiger partial charge in [-0.25, -0.2) is 9.97 Å². The fourth-order valence-electron chi connectivity index (χ4n) is 7.18. The lowest BCUT2D eigenvalue weighted by molar-refractivity contribution is 0.669. The van der Waals surface area contributed by atoms with Crippen LogP contribution in [0.3, 0.4) is 0 Å². The highest BCUT2D eigenvalue weighted by atomic mass is 16.3. The lowest BCUT2D eigenvalue weighted by atomic mass is 10.0. The Hall–Kier alpha value is -6.52. The van der Waals surface area contributed by atoms with Crippen LogP contribution >= 0.6 is 0 Å². The molecule has 4 nitrogen and oxygen atoms in total. The van der Waals surface area contributed by atoms with Crippen molar-refractivity contribution in [2.75, 3.05) is 0 Å². The van der Waals surface area contributed by atoms with Crippen LogP contribution in [0.2, 0.25) is 0 Å². The molecule has 0 unspecified atom stereocenters. The predicted octanol–water partition coefficient (Wildman–Crippen LogP) is 11.6. The summed E-state index contributed by atoms with van der Waals surface area (Å²) in [5.41, 5.74) is 11.2. The van der Waals surface area contributed by atoms with Crippen molar-refractivity contribution in [2.24, 2.45) is 0 Å². The molecule has 3 heterocycles. The SMILES string of the molecule is c1ccc(-c2ccc3c(c2)c2ccccc2n3-c2ccc3oc4c(-c5nc(-c6ccccc6)c6ccccc6n5)cccc4c3c2)cc1. The summed E-state index contributed by atoms with van der Waals surface area (Å²) in [5.74, 6) is 0.647. The predicted molar refractivity (Wildman–Crippen MR) is 197 cm³/mol. The molecule has 0 amide bonds. The Morgan fingerprint density at radius 3 is 2.00 bits per heavy atom. The highest BCUT2D eigenvalue weighted by Gasteiger charge is 2.19. The molecule has 0 saturated carbocycles. The second-order valence-corrected chi connectivity index (χ2v) is 12.2. The molecule has 0 spiro atoms. The zero-order valence-corrected chi connectivity index (χ0v) is 25.8. The average molecular weight is 614 g/mol. The van der Waals surface area contributed by atoms with Gasteiger partial charge in [0.15, 0.2) is 5.82 Å². The first-order valence-corrected chi connectivity index (χ1v) is 16.2. The third-order valence-corrected chi connectivity index (χ3v) is 9.41. The van der Waals surface area contributed by atoms with E-state index in [1.54, 1.807) is 0 Å². The van der Waals surface area contributed by atoms with Crippen molar-refractivity contribution in [1.29, 1.82) is 0 Å². The summed E-state index contributed by atoms with van der Waals surface area (Å²) < 4.78 is 8.98. The Morgan fingerprint density at radius 2 is 1.15 bits per heavy atom. The molecule has 224 valence electrons. The van der Waals surface area contributed by atoms with Crippen molar-refractivity contribution in [1.82, 2.24) is 14.5 Å². The molecule has 10 aromatic rings. The van der Waals surface area contributed by atoms with Gasteiger partial charge in [-0.3, -0.25) is 0 Å². The largest absolute Gasteiger partial charge is 0.455 e. The molecule has 3 aromatic heterocycles. The Kier molecular flexibility index (Phi) is 5.84. The molecule has 48 heavy (non-hydrogen) atoms. The van der Waals surface area contributed by atoms with Crippen molar-refractivity contribution in [2.45, 2.75) is 0 Å². The van der Waals surface area contributed by atoms with E-state index in [1.165, 1.54) is 32.9 Å². The van der Waals surface area contributed by atoms with Crippen LogP contribution < -0.4 is 0 Å². The van der Waals surface area contributed by atoms with Crippen molar-refractivity contribution in [3.63, 3.8) is 0 Å². The van der Waals surface area contributed by atoms with Crippen LogP contribution in [0.4, 0.5) is 0 Å². The second-order valence-electron chi connectivity index (χ2n) is 12.2. The highest BCUT2D eigenvalue weighted by molar-refractivity contribution is 6.13.